The fourth-order valence-corrected chi connectivity index (χ4v) is 2.04. The van der Waals surface area contributed by atoms with Gasteiger partial charge in [0, 0.05) is 25.2 Å². The van der Waals surface area contributed by atoms with Gasteiger partial charge in [-0.3, -0.25) is 0 Å². The number of hydrogen-bond donors (Lipinski definition) is 1. The Morgan fingerprint density at radius 3 is 3.06 bits per heavy atom. The first-order chi connectivity index (χ1) is 7.79. The molecular weight excluding hydrogens is 202 g/mol. The van der Waals surface area contributed by atoms with Crippen molar-refractivity contribution in [1.29, 1.82) is 0 Å². The van der Waals surface area contributed by atoms with E-state index in [1.807, 2.05) is 19.2 Å². The highest BCUT2D eigenvalue weighted by Crippen LogP contribution is 2.20. The van der Waals surface area contributed by atoms with E-state index < -0.39 is 0 Å². The zero-order valence-electron chi connectivity index (χ0n) is 9.72. The van der Waals surface area contributed by atoms with E-state index in [1.165, 1.54) is 0 Å². The van der Waals surface area contributed by atoms with E-state index in [0.717, 1.165) is 31.6 Å². The maximum Gasteiger partial charge on any atom is 0.213 e. The van der Waals surface area contributed by atoms with Crippen LogP contribution in [0.2, 0.25) is 0 Å². The van der Waals surface area contributed by atoms with E-state index in [-0.39, 0.29) is 0 Å². The maximum absolute atomic E-state index is 5.95. The largest absolute Gasteiger partial charge is 0.478 e. The maximum atomic E-state index is 5.95. The lowest BCUT2D eigenvalue weighted by molar-refractivity contribution is 0.327. The monoisotopic (exact) mass is 221 g/mol. The fourth-order valence-electron chi connectivity index (χ4n) is 2.04. The molecule has 1 aliphatic rings. The number of pyridine rings is 1. The molecule has 1 unspecified atom stereocenters. The van der Waals surface area contributed by atoms with Crippen molar-refractivity contribution in [2.45, 2.75) is 25.8 Å². The van der Waals surface area contributed by atoms with E-state index in [0.29, 0.717) is 18.5 Å². The molecule has 1 atom stereocenters. The molecule has 1 fully saturated rings. The van der Waals surface area contributed by atoms with Crippen molar-refractivity contribution in [3.8, 4) is 5.88 Å². The average molecular weight is 221 g/mol. The van der Waals surface area contributed by atoms with Crippen molar-refractivity contribution in [1.82, 2.24) is 4.98 Å². The van der Waals surface area contributed by atoms with Gasteiger partial charge in [0.15, 0.2) is 0 Å². The molecule has 0 saturated carbocycles. The molecule has 0 amide bonds. The topological polar surface area (TPSA) is 51.4 Å². The van der Waals surface area contributed by atoms with Crippen LogP contribution in [0.1, 0.15) is 19.8 Å². The van der Waals surface area contributed by atoms with Crippen LogP contribution in [0.5, 0.6) is 5.88 Å². The van der Waals surface area contributed by atoms with Gasteiger partial charge in [-0.05, 0) is 25.8 Å². The summed E-state index contributed by atoms with van der Waals surface area (Å²) in [5.74, 6) is 0.688. The van der Waals surface area contributed by atoms with Crippen molar-refractivity contribution in [2.24, 2.45) is 5.73 Å². The molecule has 16 heavy (non-hydrogen) atoms. The highest BCUT2D eigenvalue weighted by atomic mass is 16.5. The number of nitrogens with two attached hydrogens (primary N) is 1. The average Bonchev–Trinajstić information content (AvgIpc) is 2.30. The van der Waals surface area contributed by atoms with E-state index in [2.05, 4.69) is 16.0 Å². The minimum Gasteiger partial charge on any atom is -0.478 e. The lowest BCUT2D eigenvalue weighted by atomic mass is 10.1. The molecule has 4 nitrogen and oxygen atoms in total. The van der Waals surface area contributed by atoms with Gasteiger partial charge in [-0.25, -0.2) is 4.98 Å². The lowest BCUT2D eigenvalue weighted by Crippen LogP contribution is -2.42. The Morgan fingerprint density at radius 1 is 1.56 bits per heavy atom. The number of anilines is 1. The zero-order chi connectivity index (χ0) is 11.4. The van der Waals surface area contributed by atoms with Gasteiger partial charge in [-0.1, -0.05) is 0 Å². The number of hydrogen-bond acceptors (Lipinski definition) is 4. The van der Waals surface area contributed by atoms with Gasteiger partial charge >= 0.3 is 0 Å². The summed E-state index contributed by atoms with van der Waals surface area (Å²) in [6, 6.07) is 4.26. The summed E-state index contributed by atoms with van der Waals surface area (Å²) in [6.07, 6.45) is 4.15. The van der Waals surface area contributed by atoms with Gasteiger partial charge in [0.2, 0.25) is 5.88 Å². The smallest absolute Gasteiger partial charge is 0.213 e. The molecule has 1 aliphatic heterocycles. The Kier molecular flexibility index (Phi) is 3.62. The molecule has 4 heteroatoms. The van der Waals surface area contributed by atoms with Crippen molar-refractivity contribution in [3.05, 3.63) is 18.3 Å². The molecule has 1 aromatic rings. The molecule has 0 spiro atoms. The fraction of sp³-hybridized carbons (Fsp3) is 0.583. The normalized spacial score (nSPS) is 20.9. The minimum absolute atomic E-state index is 0.292. The SMILES string of the molecule is CCOc1ccc(N2CCCC(N)C2)cn1. The third-order valence-electron chi connectivity index (χ3n) is 2.84. The lowest BCUT2D eigenvalue weighted by Gasteiger charge is -2.32. The van der Waals surface area contributed by atoms with Gasteiger partial charge in [-0.2, -0.15) is 0 Å². The van der Waals surface area contributed by atoms with Crippen LogP contribution in [-0.4, -0.2) is 30.7 Å². The van der Waals surface area contributed by atoms with E-state index >= 15 is 0 Å². The molecule has 0 radical (unpaired) electrons. The molecule has 88 valence electrons. The summed E-state index contributed by atoms with van der Waals surface area (Å²) in [6.45, 7) is 4.61. The summed E-state index contributed by atoms with van der Waals surface area (Å²) >= 11 is 0. The standard InChI is InChI=1S/C12H19N3O/c1-2-16-12-6-5-11(8-14-12)15-7-3-4-10(13)9-15/h5-6,8,10H,2-4,7,9,13H2,1H3. The quantitative estimate of drug-likeness (QED) is 0.838. The van der Waals surface area contributed by atoms with Crippen LogP contribution in [0, 0.1) is 0 Å². The highest BCUT2D eigenvalue weighted by Gasteiger charge is 2.16. The predicted octanol–water partition coefficient (Wildman–Crippen LogP) is 1.41. The first-order valence-electron chi connectivity index (χ1n) is 5.89. The van der Waals surface area contributed by atoms with Crippen LogP contribution in [-0.2, 0) is 0 Å². The summed E-state index contributed by atoms with van der Waals surface area (Å²) < 4.78 is 5.31. The second kappa shape index (κ2) is 5.16. The van der Waals surface area contributed by atoms with Gasteiger partial charge in [0.1, 0.15) is 0 Å². The molecule has 0 bridgehead atoms. The Hall–Kier alpha value is -1.29. The molecule has 2 rings (SSSR count). The van der Waals surface area contributed by atoms with Crippen molar-refractivity contribution in [2.75, 3.05) is 24.6 Å². The van der Waals surface area contributed by atoms with Crippen molar-refractivity contribution >= 4 is 5.69 Å². The first-order valence-corrected chi connectivity index (χ1v) is 5.89. The third-order valence-corrected chi connectivity index (χ3v) is 2.84. The molecule has 0 aromatic carbocycles. The van der Waals surface area contributed by atoms with Crippen LogP contribution in [0.3, 0.4) is 0 Å². The number of piperidine rings is 1. The Morgan fingerprint density at radius 2 is 2.44 bits per heavy atom. The Labute approximate surface area is 96.4 Å². The highest BCUT2D eigenvalue weighted by molar-refractivity contribution is 5.46. The molecule has 0 aliphatic carbocycles. The number of aromatic nitrogens is 1. The van der Waals surface area contributed by atoms with E-state index in [4.69, 9.17) is 10.5 Å². The second-order valence-corrected chi connectivity index (χ2v) is 4.14. The second-order valence-electron chi connectivity index (χ2n) is 4.14. The minimum atomic E-state index is 0.292. The van der Waals surface area contributed by atoms with Gasteiger partial charge < -0.3 is 15.4 Å². The van der Waals surface area contributed by atoms with E-state index in [1.54, 1.807) is 0 Å². The van der Waals surface area contributed by atoms with Crippen molar-refractivity contribution in [3.63, 3.8) is 0 Å². The molecule has 2 heterocycles. The molecule has 1 aromatic heterocycles. The summed E-state index contributed by atoms with van der Waals surface area (Å²) in [7, 11) is 0. The molecular formula is C12H19N3O. The summed E-state index contributed by atoms with van der Waals surface area (Å²) in [5, 5.41) is 0. The zero-order valence-corrected chi connectivity index (χ0v) is 9.72. The Balaban J connectivity index is 2.03. The number of ether oxygens (including phenoxy) is 1. The van der Waals surface area contributed by atoms with Crippen LogP contribution >= 0.6 is 0 Å². The third kappa shape index (κ3) is 2.64. The summed E-state index contributed by atoms with van der Waals surface area (Å²) in [5.41, 5.74) is 7.09. The number of nitrogens with zero attached hydrogens (tertiary/aromatic N) is 2. The van der Waals surface area contributed by atoms with Crippen LogP contribution in [0.4, 0.5) is 5.69 Å². The van der Waals surface area contributed by atoms with Crippen LogP contribution in [0.25, 0.3) is 0 Å². The van der Waals surface area contributed by atoms with Crippen LogP contribution < -0.4 is 15.4 Å². The first kappa shape index (κ1) is 11.2. The Bertz CT molecular complexity index is 326. The number of rotatable bonds is 3. The predicted molar refractivity (Wildman–Crippen MR) is 64.8 cm³/mol. The van der Waals surface area contributed by atoms with Gasteiger partial charge in [0.05, 0.1) is 18.5 Å². The van der Waals surface area contributed by atoms with Crippen LogP contribution in [0.15, 0.2) is 18.3 Å². The van der Waals surface area contributed by atoms with Gasteiger partial charge in [0.25, 0.3) is 0 Å². The molecule has 2 N–H and O–H groups in total. The van der Waals surface area contributed by atoms with Gasteiger partial charge in [-0.15, -0.1) is 0 Å². The molecule has 1 saturated heterocycles. The van der Waals surface area contributed by atoms with E-state index in [9.17, 15) is 0 Å². The van der Waals surface area contributed by atoms with Crippen molar-refractivity contribution < 1.29 is 4.74 Å². The summed E-state index contributed by atoms with van der Waals surface area (Å²) in [4.78, 5) is 6.55.